The first-order valence-corrected chi connectivity index (χ1v) is 5.95. The average molecular weight is 276 g/mol. The van der Waals surface area contributed by atoms with Gasteiger partial charge in [-0.2, -0.15) is 13.2 Å². The second kappa shape index (κ2) is 4.84. The van der Waals surface area contributed by atoms with Gasteiger partial charge >= 0.3 is 6.18 Å². The predicted octanol–water partition coefficient (Wildman–Crippen LogP) is 0.855. The molecule has 0 spiro atoms. The van der Waals surface area contributed by atoms with Crippen LogP contribution >= 0.6 is 0 Å². The van der Waals surface area contributed by atoms with Crippen molar-refractivity contribution >= 4 is 5.91 Å². The Kier molecular flexibility index (Phi) is 3.53. The third-order valence-corrected chi connectivity index (χ3v) is 3.19. The Labute approximate surface area is 108 Å². The van der Waals surface area contributed by atoms with Gasteiger partial charge in [-0.25, -0.2) is 4.98 Å². The zero-order chi connectivity index (χ0) is 14.2. The number of imidazole rings is 1. The largest absolute Gasteiger partial charge is 0.449 e. The maximum absolute atomic E-state index is 13.0. The van der Waals surface area contributed by atoms with Crippen molar-refractivity contribution in [3.8, 4) is 0 Å². The average Bonchev–Trinajstić information content (AvgIpc) is 2.76. The van der Waals surface area contributed by atoms with Crippen LogP contribution in [-0.2, 0) is 23.9 Å². The lowest BCUT2D eigenvalue weighted by Gasteiger charge is -2.21. The predicted molar refractivity (Wildman–Crippen MR) is 61.4 cm³/mol. The first-order valence-electron chi connectivity index (χ1n) is 5.95. The third kappa shape index (κ3) is 2.44. The number of halogens is 3. The van der Waals surface area contributed by atoms with Crippen LogP contribution in [0.5, 0.6) is 0 Å². The van der Waals surface area contributed by atoms with E-state index in [4.69, 9.17) is 0 Å². The molecule has 0 saturated heterocycles. The number of amides is 1. The van der Waals surface area contributed by atoms with E-state index >= 15 is 0 Å². The molecule has 0 aliphatic carbocycles. The molecule has 1 unspecified atom stereocenters. The fourth-order valence-electron chi connectivity index (χ4n) is 2.28. The summed E-state index contributed by atoms with van der Waals surface area (Å²) in [6, 6.07) is -0.934. The lowest BCUT2D eigenvalue weighted by Crippen LogP contribution is -2.33. The topological polar surface area (TPSA) is 59.0 Å². The molecule has 8 heteroatoms. The van der Waals surface area contributed by atoms with Gasteiger partial charge in [0.15, 0.2) is 0 Å². The molecular formula is C11H15F3N4O. The molecule has 0 saturated carbocycles. The number of nitrogens with one attached hydrogen (secondary N) is 2. The smallest absolute Gasteiger partial charge is 0.357 e. The highest BCUT2D eigenvalue weighted by molar-refractivity contribution is 5.79. The van der Waals surface area contributed by atoms with Crippen LogP contribution in [0.15, 0.2) is 0 Å². The van der Waals surface area contributed by atoms with Gasteiger partial charge in [0.1, 0.15) is 6.04 Å². The Balaban J connectivity index is 2.55. The Hall–Kier alpha value is -1.57. The van der Waals surface area contributed by atoms with E-state index in [1.165, 1.54) is 14.0 Å². The summed E-state index contributed by atoms with van der Waals surface area (Å²) in [5, 5.41) is 5.34. The zero-order valence-corrected chi connectivity index (χ0v) is 10.6. The van der Waals surface area contributed by atoms with Crippen LogP contribution in [0.2, 0.25) is 0 Å². The van der Waals surface area contributed by atoms with Gasteiger partial charge in [-0.05, 0) is 6.92 Å². The normalized spacial score (nSPS) is 16.9. The van der Waals surface area contributed by atoms with E-state index in [0.717, 1.165) is 4.57 Å². The SMILES string of the molecule is CNC(=O)C(C)n1c(C(F)(F)F)nc2c1CCNC2. The van der Waals surface area contributed by atoms with Gasteiger partial charge < -0.3 is 15.2 Å². The molecular weight excluding hydrogens is 261 g/mol. The van der Waals surface area contributed by atoms with Crippen molar-refractivity contribution < 1.29 is 18.0 Å². The number of hydrogen-bond donors (Lipinski definition) is 2. The minimum absolute atomic E-state index is 0.297. The fourth-order valence-corrected chi connectivity index (χ4v) is 2.28. The van der Waals surface area contributed by atoms with Crippen LogP contribution in [0.4, 0.5) is 13.2 Å². The second-order valence-electron chi connectivity index (χ2n) is 4.41. The van der Waals surface area contributed by atoms with Crippen molar-refractivity contribution in [3.63, 3.8) is 0 Å². The molecule has 1 amide bonds. The quantitative estimate of drug-likeness (QED) is 0.842. The van der Waals surface area contributed by atoms with E-state index in [1.54, 1.807) is 0 Å². The summed E-state index contributed by atoms with van der Waals surface area (Å²) in [4.78, 5) is 15.3. The number of alkyl halides is 3. The van der Waals surface area contributed by atoms with Crippen LogP contribution in [0.3, 0.4) is 0 Å². The standard InChI is InChI=1S/C11H15F3N4O/c1-6(9(19)15-2)18-8-3-4-16-5-7(8)17-10(18)11(12,13)14/h6,16H,3-5H2,1-2H3,(H,15,19). The van der Waals surface area contributed by atoms with Gasteiger partial charge in [0, 0.05) is 32.3 Å². The third-order valence-electron chi connectivity index (χ3n) is 3.19. The van der Waals surface area contributed by atoms with E-state index in [2.05, 4.69) is 15.6 Å². The van der Waals surface area contributed by atoms with Crippen molar-refractivity contribution in [3.05, 3.63) is 17.2 Å². The summed E-state index contributed by atoms with van der Waals surface area (Å²) >= 11 is 0. The molecule has 1 aromatic rings. The van der Waals surface area contributed by atoms with Gasteiger partial charge in [-0.3, -0.25) is 4.79 Å². The molecule has 1 aliphatic rings. The second-order valence-corrected chi connectivity index (χ2v) is 4.41. The van der Waals surface area contributed by atoms with Crippen LogP contribution < -0.4 is 10.6 Å². The van der Waals surface area contributed by atoms with Gasteiger partial charge in [0.05, 0.1) is 5.69 Å². The van der Waals surface area contributed by atoms with Crippen LogP contribution in [-0.4, -0.2) is 29.1 Å². The molecule has 2 N–H and O–H groups in total. The summed E-state index contributed by atoms with van der Waals surface area (Å²) in [5.41, 5.74) is 0.858. The molecule has 0 fully saturated rings. The first-order chi connectivity index (χ1) is 8.86. The molecule has 0 aromatic carbocycles. The van der Waals surface area contributed by atoms with E-state index < -0.39 is 23.9 Å². The summed E-state index contributed by atoms with van der Waals surface area (Å²) in [7, 11) is 1.40. The Morgan fingerprint density at radius 3 is 2.79 bits per heavy atom. The Bertz CT molecular complexity index is 495. The number of aromatic nitrogens is 2. The van der Waals surface area contributed by atoms with Crippen LogP contribution in [0, 0.1) is 0 Å². The summed E-state index contributed by atoms with van der Waals surface area (Å²) < 4.78 is 40.1. The highest BCUT2D eigenvalue weighted by Gasteiger charge is 2.41. The minimum atomic E-state index is -4.57. The molecule has 19 heavy (non-hydrogen) atoms. The van der Waals surface area contributed by atoms with Gasteiger partial charge in [-0.1, -0.05) is 0 Å². The van der Waals surface area contributed by atoms with Crippen molar-refractivity contribution in [2.24, 2.45) is 0 Å². The molecule has 2 rings (SSSR count). The maximum atomic E-state index is 13.0. The van der Waals surface area contributed by atoms with Crippen LogP contribution in [0.1, 0.15) is 30.2 Å². The van der Waals surface area contributed by atoms with E-state index in [9.17, 15) is 18.0 Å². The van der Waals surface area contributed by atoms with E-state index in [1.807, 2.05) is 0 Å². The highest BCUT2D eigenvalue weighted by Crippen LogP contribution is 2.33. The first kappa shape index (κ1) is 13.9. The van der Waals surface area contributed by atoms with Gasteiger partial charge in [0.25, 0.3) is 0 Å². The summed E-state index contributed by atoms with van der Waals surface area (Å²) in [5.74, 6) is -1.47. The van der Waals surface area contributed by atoms with E-state index in [0.29, 0.717) is 30.9 Å². The molecule has 0 bridgehead atoms. The number of carbonyl (C=O) groups is 1. The Morgan fingerprint density at radius 2 is 2.21 bits per heavy atom. The summed E-state index contributed by atoms with van der Waals surface area (Å²) in [6.07, 6.45) is -4.14. The number of hydrogen-bond acceptors (Lipinski definition) is 3. The van der Waals surface area contributed by atoms with E-state index in [-0.39, 0.29) is 0 Å². The van der Waals surface area contributed by atoms with Crippen molar-refractivity contribution in [2.75, 3.05) is 13.6 Å². The fraction of sp³-hybridized carbons (Fsp3) is 0.636. The summed E-state index contributed by atoms with van der Waals surface area (Å²) in [6.45, 7) is 2.32. The van der Waals surface area contributed by atoms with Gasteiger partial charge in [0.2, 0.25) is 11.7 Å². The molecule has 1 atom stereocenters. The van der Waals surface area contributed by atoms with Crippen molar-refractivity contribution in [2.45, 2.75) is 32.1 Å². The van der Waals surface area contributed by atoms with Gasteiger partial charge in [-0.15, -0.1) is 0 Å². The highest BCUT2D eigenvalue weighted by atomic mass is 19.4. The number of rotatable bonds is 2. The lowest BCUT2D eigenvalue weighted by molar-refractivity contribution is -0.148. The zero-order valence-electron chi connectivity index (χ0n) is 10.6. The Morgan fingerprint density at radius 1 is 1.53 bits per heavy atom. The number of carbonyl (C=O) groups excluding carboxylic acids is 1. The molecule has 2 heterocycles. The lowest BCUT2D eigenvalue weighted by atomic mass is 10.1. The number of fused-ring (bicyclic) bond motifs is 1. The molecule has 1 aliphatic heterocycles. The van der Waals surface area contributed by atoms with Crippen molar-refractivity contribution in [1.29, 1.82) is 0 Å². The molecule has 5 nitrogen and oxygen atoms in total. The molecule has 0 radical (unpaired) electrons. The number of nitrogens with zero attached hydrogens (tertiary/aromatic N) is 2. The maximum Gasteiger partial charge on any atom is 0.449 e. The van der Waals surface area contributed by atoms with Crippen LogP contribution in [0.25, 0.3) is 0 Å². The molecule has 106 valence electrons. The molecule has 1 aromatic heterocycles. The van der Waals surface area contributed by atoms with Crippen molar-refractivity contribution in [1.82, 2.24) is 20.2 Å². The monoisotopic (exact) mass is 276 g/mol. The minimum Gasteiger partial charge on any atom is -0.357 e. The number of likely N-dealkylation sites (N-methyl/N-ethyl adjacent to an activating group) is 1.